The SMILES string of the molecule is Cc1cc(C(O)C2=CCCCC2)c(F)cc1F. The van der Waals surface area contributed by atoms with Gasteiger partial charge in [-0.3, -0.25) is 0 Å². The highest BCUT2D eigenvalue weighted by atomic mass is 19.1. The van der Waals surface area contributed by atoms with Gasteiger partial charge in [-0.2, -0.15) is 0 Å². The lowest BCUT2D eigenvalue weighted by Gasteiger charge is -2.20. The minimum Gasteiger partial charge on any atom is -0.384 e. The Morgan fingerprint density at radius 2 is 1.94 bits per heavy atom. The first-order valence-corrected chi connectivity index (χ1v) is 5.92. The van der Waals surface area contributed by atoms with Crippen molar-refractivity contribution in [3.63, 3.8) is 0 Å². The highest BCUT2D eigenvalue weighted by molar-refractivity contribution is 5.32. The molecule has 0 heterocycles. The van der Waals surface area contributed by atoms with E-state index in [-0.39, 0.29) is 5.56 Å². The lowest BCUT2D eigenvalue weighted by Crippen LogP contribution is -2.08. The fourth-order valence-electron chi connectivity index (χ4n) is 2.20. The molecule has 92 valence electrons. The summed E-state index contributed by atoms with van der Waals surface area (Å²) in [6.07, 6.45) is 4.87. The van der Waals surface area contributed by atoms with Crippen LogP contribution in [0.4, 0.5) is 8.78 Å². The Balaban J connectivity index is 2.33. The maximum absolute atomic E-state index is 13.6. The summed E-state index contributed by atoms with van der Waals surface area (Å²) in [5.41, 5.74) is 1.38. The van der Waals surface area contributed by atoms with Crippen LogP contribution in [-0.2, 0) is 0 Å². The Kier molecular flexibility index (Phi) is 3.57. The van der Waals surface area contributed by atoms with Crippen molar-refractivity contribution in [2.24, 2.45) is 0 Å². The minimum atomic E-state index is -0.936. The second-order valence-electron chi connectivity index (χ2n) is 4.55. The molecule has 1 N–H and O–H groups in total. The van der Waals surface area contributed by atoms with Crippen molar-refractivity contribution >= 4 is 0 Å². The molecule has 0 fully saturated rings. The molecule has 3 heteroatoms. The van der Waals surface area contributed by atoms with Gasteiger partial charge in [0.2, 0.25) is 0 Å². The number of rotatable bonds is 2. The van der Waals surface area contributed by atoms with Crippen LogP contribution in [0.5, 0.6) is 0 Å². The molecule has 0 bridgehead atoms. The standard InChI is InChI=1S/C14H16F2O/c1-9-7-11(13(16)8-12(9)15)14(17)10-5-3-2-4-6-10/h5,7-8,14,17H,2-4,6H2,1H3. The summed E-state index contributed by atoms with van der Waals surface area (Å²) in [6.45, 7) is 1.57. The number of allylic oxidation sites excluding steroid dienone is 1. The first kappa shape index (κ1) is 12.2. The van der Waals surface area contributed by atoms with Gasteiger partial charge in [-0.25, -0.2) is 8.78 Å². The van der Waals surface area contributed by atoms with Crippen LogP contribution in [0, 0.1) is 18.6 Å². The zero-order chi connectivity index (χ0) is 12.4. The maximum Gasteiger partial charge on any atom is 0.132 e. The largest absolute Gasteiger partial charge is 0.384 e. The van der Waals surface area contributed by atoms with E-state index in [4.69, 9.17) is 0 Å². The van der Waals surface area contributed by atoms with Gasteiger partial charge in [-0.05, 0) is 49.8 Å². The van der Waals surface area contributed by atoms with E-state index in [1.165, 1.54) is 6.07 Å². The summed E-state index contributed by atoms with van der Waals surface area (Å²) >= 11 is 0. The summed E-state index contributed by atoms with van der Waals surface area (Å²) in [5.74, 6) is -1.25. The highest BCUT2D eigenvalue weighted by Gasteiger charge is 2.20. The first-order valence-electron chi connectivity index (χ1n) is 5.92. The van der Waals surface area contributed by atoms with Crippen LogP contribution in [0.1, 0.15) is 42.9 Å². The Labute approximate surface area is 99.8 Å². The second kappa shape index (κ2) is 4.96. The number of benzene rings is 1. The molecule has 0 spiro atoms. The van der Waals surface area contributed by atoms with E-state index in [1.807, 2.05) is 6.08 Å². The van der Waals surface area contributed by atoms with Crippen molar-refractivity contribution < 1.29 is 13.9 Å². The number of hydrogen-bond acceptors (Lipinski definition) is 1. The van der Waals surface area contributed by atoms with Crippen molar-refractivity contribution in [1.29, 1.82) is 0 Å². The summed E-state index contributed by atoms with van der Waals surface area (Å²) in [5, 5.41) is 10.1. The Morgan fingerprint density at radius 3 is 2.59 bits per heavy atom. The topological polar surface area (TPSA) is 20.2 Å². The monoisotopic (exact) mass is 238 g/mol. The smallest absolute Gasteiger partial charge is 0.132 e. The van der Waals surface area contributed by atoms with E-state index >= 15 is 0 Å². The van der Waals surface area contributed by atoms with Gasteiger partial charge < -0.3 is 5.11 Å². The fourth-order valence-corrected chi connectivity index (χ4v) is 2.20. The van der Waals surface area contributed by atoms with Crippen molar-refractivity contribution in [1.82, 2.24) is 0 Å². The third-order valence-electron chi connectivity index (χ3n) is 3.25. The fraction of sp³-hybridized carbons (Fsp3) is 0.429. The molecule has 1 aromatic rings. The Hall–Kier alpha value is -1.22. The van der Waals surface area contributed by atoms with Crippen LogP contribution in [0.3, 0.4) is 0 Å². The number of hydrogen-bond donors (Lipinski definition) is 1. The number of halogens is 2. The summed E-state index contributed by atoms with van der Waals surface area (Å²) in [6, 6.07) is 2.24. The van der Waals surface area contributed by atoms with E-state index in [0.717, 1.165) is 37.3 Å². The van der Waals surface area contributed by atoms with E-state index < -0.39 is 17.7 Å². The van der Waals surface area contributed by atoms with Gasteiger partial charge in [0.05, 0.1) is 0 Å². The normalized spacial score (nSPS) is 17.8. The van der Waals surface area contributed by atoms with Crippen molar-refractivity contribution in [2.75, 3.05) is 0 Å². The summed E-state index contributed by atoms with van der Waals surface area (Å²) in [4.78, 5) is 0. The van der Waals surface area contributed by atoms with Gasteiger partial charge in [0, 0.05) is 11.6 Å². The van der Waals surface area contributed by atoms with Gasteiger partial charge in [-0.1, -0.05) is 6.08 Å². The van der Waals surface area contributed by atoms with Crippen LogP contribution in [0.15, 0.2) is 23.8 Å². The molecule has 0 amide bonds. The molecule has 17 heavy (non-hydrogen) atoms. The van der Waals surface area contributed by atoms with Gasteiger partial charge in [0.1, 0.15) is 17.7 Å². The molecule has 1 nitrogen and oxygen atoms in total. The molecule has 1 aliphatic rings. The summed E-state index contributed by atoms with van der Waals surface area (Å²) in [7, 11) is 0. The number of aryl methyl sites for hydroxylation is 1. The maximum atomic E-state index is 13.6. The molecule has 0 saturated carbocycles. The average Bonchev–Trinajstić information content (AvgIpc) is 2.34. The van der Waals surface area contributed by atoms with E-state index in [9.17, 15) is 13.9 Å². The zero-order valence-electron chi connectivity index (χ0n) is 9.84. The Bertz CT molecular complexity index is 452. The van der Waals surface area contributed by atoms with Gasteiger partial charge in [-0.15, -0.1) is 0 Å². The van der Waals surface area contributed by atoms with Crippen molar-refractivity contribution in [2.45, 2.75) is 38.7 Å². The molecule has 1 unspecified atom stereocenters. The van der Waals surface area contributed by atoms with Crippen LogP contribution in [-0.4, -0.2) is 5.11 Å². The van der Waals surface area contributed by atoms with Crippen molar-refractivity contribution in [3.8, 4) is 0 Å². The molecular formula is C14H16F2O. The number of aliphatic hydroxyl groups is 1. The Morgan fingerprint density at radius 1 is 1.18 bits per heavy atom. The molecular weight excluding hydrogens is 222 g/mol. The van der Waals surface area contributed by atoms with Crippen LogP contribution >= 0.6 is 0 Å². The highest BCUT2D eigenvalue weighted by Crippen LogP contribution is 2.31. The summed E-state index contributed by atoms with van der Waals surface area (Å²) < 4.78 is 26.7. The third kappa shape index (κ3) is 2.55. The van der Waals surface area contributed by atoms with Gasteiger partial charge >= 0.3 is 0 Å². The molecule has 0 aliphatic heterocycles. The average molecular weight is 238 g/mol. The molecule has 1 aromatic carbocycles. The molecule has 0 saturated heterocycles. The van der Waals surface area contributed by atoms with E-state index in [1.54, 1.807) is 6.92 Å². The zero-order valence-corrected chi connectivity index (χ0v) is 9.84. The molecule has 1 aliphatic carbocycles. The predicted octanol–water partition coefficient (Wildman–Crippen LogP) is 3.81. The first-order chi connectivity index (χ1) is 8.09. The molecule has 0 radical (unpaired) electrons. The van der Waals surface area contributed by atoms with Crippen molar-refractivity contribution in [3.05, 3.63) is 46.5 Å². The predicted molar refractivity (Wildman–Crippen MR) is 62.6 cm³/mol. The lowest BCUT2D eigenvalue weighted by atomic mass is 9.91. The van der Waals surface area contributed by atoms with Gasteiger partial charge in [0.15, 0.2) is 0 Å². The van der Waals surface area contributed by atoms with E-state index in [0.29, 0.717) is 5.56 Å². The quantitative estimate of drug-likeness (QED) is 0.777. The lowest BCUT2D eigenvalue weighted by molar-refractivity contribution is 0.203. The molecule has 1 atom stereocenters. The second-order valence-corrected chi connectivity index (χ2v) is 4.55. The third-order valence-corrected chi connectivity index (χ3v) is 3.25. The van der Waals surface area contributed by atoms with E-state index in [2.05, 4.69) is 0 Å². The molecule has 2 rings (SSSR count). The molecule has 0 aromatic heterocycles. The van der Waals surface area contributed by atoms with Gasteiger partial charge in [0.25, 0.3) is 0 Å². The minimum absolute atomic E-state index is 0.178. The number of aliphatic hydroxyl groups excluding tert-OH is 1. The van der Waals surface area contributed by atoms with Crippen LogP contribution in [0.25, 0.3) is 0 Å². The van der Waals surface area contributed by atoms with Crippen LogP contribution in [0.2, 0.25) is 0 Å². The van der Waals surface area contributed by atoms with Crippen LogP contribution < -0.4 is 0 Å².